The van der Waals surface area contributed by atoms with Gasteiger partial charge in [-0.15, -0.1) is 0 Å². The molecular formula is C26H20ClN3O3. The molecule has 1 aliphatic heterocycles. The van der Waals surface area contributed by atoms with Crippen LogP contribution in [-0.2, 0) is 11.2 Å². The van der Waals surface area contributed by atoms with Gasteiger partial charge in [-0.05, 0) is 60.0 Å². The highest BCUT2D eigenvalue weighted by molar-refractivity contribution is 6.30. The quantitative estimate of drug-likeness (QED) is 0.362. The zero-order valence-electron chi connectivity index (χ0n) is 17.5. The first kappa shape index (κ1) is 20.8. The maximum Gasteiger partial charge on any atom is 0.291 e. The Morgan fingerprint density at radius 1 is 1.06 bits per heavy atom. The monoisotopic (exact) mass is 457 g/mol. The number of para-hydroxylation sites is 1. The van der Waals surface area contributed by atoms with Crippen LogP contribution in [0.2, 0.25) is 5.02 Å². The fourth-order valence-corrected chi connectivity index (χ4v) is 4.00. The molecule has 4 aromatic rings. The summed E-state index contributed by atoms with van der Waals surface area (Å²) in [5.74, 6) is 0.0189. The summed E-state index contributed by atoms with van der Waals surface area (Å²) in [7, 11) is 0. The van der Waals surface area contributed by atoms with Gasteiger partial charge < -0.3 is 20.4 Å². The maximum absolute atomic E-state index is 12.6. The van der Waals surface area contributed by atoms with Gasteiger partial charge in [0.05, 0.1) is 5.69 Å². The van der Waals surface area contributed by atoms with Crippen molar-refractivity contribution in [3.63, 3.8) is 0 Å². The third-order valence-corrected chi connectivity index (χ3v) is 5.67. The van der Waals surface area contributed by atoms with Crippen molar-refractivity contribution in [1.82, 2.24) is 10.3 Å². The van der Waals surface area contributed by atoms with E-state index < -0.39 is 0 Å². The summed E-state index contributed by atoms with van der Waals surface area (Å²) in [5.41, 5.74) is 3.87. The zero-order chi connectivity index (χ0) is 22.8. The number of hydrogen-bond donors (Lipinski definition) is 3. The molecule has 1 aliphatic rings. The maximum atomic E-state index is 12.6. The normalized spacial score (nSPS) is 14.0. The van der Waals surface area contributed by atoms with Gasteiger partial charge in [-0.3, -0.25) is 9.59 Å². The van der Waals surface area contributed by atoms with E-state index in [0.29, 0.717) is 35.0 Å². The summed E-state index contributed by atoms with van der Waals surface area (Å²) >= 11 is 6.01. The van der Waals surface area contributed by atoms with Gasteiger partial charge in [0, 0.05) is 34.2 Å². The Morgan fingerprint density at radius 2 is 1.94 bits per heavy atom. The van der Waals surface area contributed by atoms with Gasteiger partial charge in [0.2, 0.25) is 0 Å². The summed E-state index contributed by atoms with van der Waals surface area (Å²) < 4.78 is 5.76. The minimum atomic E-state index is -0.389. The number of rotatable bonds is 5. The van der Waals surface area contributed by atoms with E-state index in [9.17, 15) is 9.59 Å². The first-order valence-corrected chi connectivity index (χ1v) is 10.9. The Labute approximate surface area is 195 Å². The predicted octanol–water partition coefficient (Wildman–Crippen LogP) is 5.17. The number of carbonyl (C=O) groups excluding carboxylic acids is 2. The number of fused-ring (bicyclic) bond motifs is 2. The topological polar surface area (TPSA) is 83.2 Å². The molecule has 0 fully saturated rings. The fourth-order valence-electron chi connectivity index (χ4n) is 3.80. The van der Waals surface area contributed by atoms with E-state index >= 15 is 0 Å². The highest BCUT2D eigenvalue weighted by atomic mass is 35.5. The Bertz CT molecular complexity index is 1410. The number of aromatic amines is 1. The molecule has 3 N–H and O–H groups in total. The molecule has 0 saturated carbocycles. The molecule has 0 radical (unpaired) electrons. The molecular weight excluding hydrogens is 438 g/mol. The minimum absolute atomic E-state index is 0.153. The summed E-state index contributed by atoms with van der Waals surface area (Å²) in [6, 6.07) is 20.2. The average molecular weight is 458 g/mol. The molecule has 0 atom stereocenters. The lowest BCUT2D eigenvalue weighted by Crippen LogP contribution is -2.27. The molecule has 33 heavy (non-hydrogen) atoms. The van der Waals surface area contributed by atoms with Crippen molar-refractivity contribution in [3.8, 4) is 5.75 Å². The predicted molar refractivity (Wildman–Crippen MR) is 129 cm³/mol. The van der Waals surface area contributed by atoms with Crippen molar-refractivity contribution in [2.75, 3.05) is 11.9 Å². The van der Waals surface area contributed by atoms with Crippen molar-refractivity contribution >= 4 is 46.1 Å². The number of aromatic nitrogens is 1. The van der Waals surface area contributed by atoms with Crippen molar-refractivity contribution < 1.29 is 14.3 Å². The van der Waals surface area contributed by atoms with Crippen molar-refractivity contribution in [2.45, 2.75) is 6.42 Å². The van der Waals surface area contributed by atoms with E-state index in [1.165, 1.54) is 0 Å². The van der Waals surface area contributed by atoms with Crippen LogP contribution in [0.1, 0.15) is 21.5 Å². The average Bonchev–Trinajstić information content (AvgIpc) is 3.22. The fraction of sp³-hybridized carbons (Fsp3) is 0.0769. The second-order valence-electron chi connectivity index (χ2n) is 7.70. The molecule has 0 aliphatic carbocycles. The molecule has 0 saturated heterocycles. The highest BCUT2D eigenvalue weighted by Crippen LogP contribution is 2.32. The lowest BCUT2D eigenvalue weighted by atomic mass is 10.1. The van der Waals surface area contributed by atoms with E-state index in [0.717, 1.165) is 22.0 Å². The molecule has 5 rings (SSSR count). The summed E-state index contributed by atoms with van der Waals surface area (Å²) in [4.78, 5) is 28.4. The number of anilines is 1. The summed E-state index contributed by atoms with van der Waals surface area (Å²) in [5, 5.41) is 7.45. The zero-order valence-corrected chi connectivity index (χ0v) is 18.3. The molecule has 7 heteroatoms. The molecule has 0 spiro atoms. The largest absolute Gasteiger partial charge is 0.449 e. The Balaban J connectivity index is 1.25. The van der Waals surface area contributed by atoms with Gasteiger partial charge in [-0.1, -0.05) is 41.9 Å². The van der Waals surface area contributed by atoms with Crippen LogP contribution in [0.25, 0.3) is 17.0 Å². The van der Waals surface area contributed by atoms with Gasteiger partial charge in [0.25, 0.3) is 11.8 Å². The molecule has 0 bridgehead atoms. The minimum Gasteiger partial charge on any atom is -0.449 e. The van der Waals surface area contributed by atoms with Gasteiger partial charge >= 0.3 is 0 Å². The first-order chi connectivity index (χ1) is 16.1. The Morgan fingerprint density at radius 3 is 2.82 bits per heavy atom. The van der Waals surface area contributed by atoms with E-state index in [1.807, 2.05) is 30.5 Å². The van der Waals surface area contributed by atoms with Crippen LogP contribution in [-0.4, -0.2) is 23.3 Å². The lowest BCUT2D eigenvalue weighted by molar-refractivity contribution is -0.115. The number of H-pyrrole nitrogens is 1. The van der Waals surface area contributed by atoms with E-state index in [1.54, 1.807) is 42.5 Å². The van der Waals surface area contributed by atoms with Gasteiger partial charge in [-0.25, -0.2) is 0 Å². The summed E-state index contributed by atoms with van der Waals surface area (Å²) in [6.45, 7) is 0.493. The molecule has 6 nitrogen and oxygen atoms in total. The Kier molecular flexibility index (Phi) is 5.59. The van der Waals surface area contributed by atoms with Crippen LogP contribution in [0.15, 0.2) is 78.7 Å². The van der Waals surface area contributed by atoms with Crippen LogP contribution in [0, 0.1) is 0 Å². The molecule has 2 amide bonds. The van der Waals surface area contributed by atoms with Gasteiger partial charge in [0.15, 0.2) is 11.5 Å². The van der Waals surface area contributed by atoms with Crippen molar-refractivity contribution in [1.29, 1.82) is 0 Å². The lowest BCUT2D eigenvalue weighted by Gasteiger charge is -2.20. The number of benzene rings is 3. The summed E-state index contributed by atoms with van der Waals surface area (Å²) in [6.07, 6.45) is 4.30. The number of amides is 2. The second-order valence-corrected chi connectivity index (χ2v) is 8.13. The van der Waals surface area contributed by atoms with Crippen LogP contribution in [0.5, 0.6) is 5.75 Å². The van der Waals surface area contributed by atoms with E-state index in [4.69, 9.17) is 16.3 Å². The second kappa shape index (κ2) is 8.84. The third-order valence-electron chi connectivity index (χ3n) is 5.43. The molecule has 3 aromatic carbocycles. The number of nitrogens with one attached hydrogen (secondary N) is 3. The molecule has 1 aromatic heterocycles. The van der Waals surface area contributed by atoms with Crippen LogP contribution in [0.3, 0.4) is 0 Å². The standard InChI is InChI=1S/C26H20ClN3O3/c27-19-5-3-4-16(12-19)13-24-26(32)30-22-14-17(8-9-23(22)33-24)25(31)28-11-10-18-15-29-21-7-2-1-6-20(18)21/h1-9,12-15,29H,10-11H2,(H,28,31)(H,30,32)/b24-13+. The molecule has 0 unspecified atom stereocenters. The third kappa shape index (κ3) is 4.47. The van der Waals surface area contributed by atoms with Crippen molar-refractivity contribution in [2.24, 2.45) is 0 Å². The first-order valence-electron chi connectivity index (χ1n) is 10.5. The van der Waals surface area contributed by atoms with E-state index in [2.05, 4.69) is 21.7 Å². The Hall–Kier alpha value is -4.03. The smallest absolute Gasteiger partial charge is 0.291 e. The molecule has 164 valence electrons. The van der Waals surface area contributed by atoms with E-state index in [-0.39, 0.29) is 17.6 Å². The van der Waals surface area contributed by atoms with Crippen LogP contribution >= 0.6 is 11.6 Å². The van der Waals surface area contributed by atoms with Gasteiger partial charge in [0.1, 0.15) is 0 Å². The van der Waals surface area contributed by atoms with Crippen LogP contribution < -0.4 is 15.4 Å². The van der Waals surface area contributed by atoms with Gasteiger partial charge in [-0.2, -0.15) is 0 Å². The number of ether oxygens (including phenoxy) is 1. The number of carbonyl (C=O) groups is 2. The highest BCUT2D eigenvalue weighted by Gasteiger charge is 2.23. The van der Waals surface area contributed by atoms with Crippen LogP contribution in [0.4, 0.5) is 5.69 Å². The number of halogens is 1. The molecule has 2 heterocycles. The SMILES string of the molecule is O=C1Nc2cc(C(=O)NCCc3c[nH]c4ccccc34)ccc2O/C1=C/c1cccc(Cl)c1. The number of hydrogen-bond acceptors (Lipinski definition) is 3. The van der Waals surface area contributed by atoms with Crippen molar-refractivity contribution in [3.05, 3.63) is 100 Å².